The van der Waals surface area contributed by atoms with Gasteiger partial charge in [-0.2, -0.15) is 0 Å². The number of carbonyl (C=O) groups excluding carboxylic acids is 1. The summed E-state index contributed by atoms with van der Waals surface area (Å²) in [7, 11) is 0. The first-order valence-electron chi connectivity index (χ1n) is 10.4. The number of ether oxygens (including phenoxy) is 1. The molecule has 0 radical (unpaired) electrons. The fraction of sp³-hybridized carbons (Fsp3) is 0.500. The van der Waals surface area contributed by atoms with Gasteiger partial charge in [0.1, 0.15) is 5.82 Å². The first-order valence-corrected chi connectivity index (χ1v) is 10.4. The van der Waals surface area contributed by atoms with E-state index >= 15 is 0 Å². The number of amides is 1. The number of carbonyl (C=O) groups is 1. The zero-order valence-electron chi connectivity index (χ0n) is 16.8. The van der Waals surface area contributed by atoms with Crippen molar-refractivity contribution >= 4 is 11.9 Å². The fourth-order valence-electron chi connectivity index (χ4n) is 4.36. The van der Waals surface area contributed by atoms with Crippen LogP contribution >= 0.6 is 0 Å². The Kier molecular flexibility index (Phi) is 5.76. The van der Waals surface area contributed by atoms with Gasteiger partial charge in [-0.1, -0.05) is 38.0 Å². The average Bonchev–Trinajstić information content (AvgIpc) is 3.23. The van der Waals surface area contributed by atoms with Crippen LogP contribution in [0.4, 0.5) is 10.3 Å². The van der Waals surface area contributed by atoms with Gasteiger partial charge in [-0.25, -0.2) is 14.4 Å². The molecule has 2 aromatic rings. The number of aryl methyl sites for hydroxylation is 1. The molecule has 0 atom stereocenters. The van der Waals surface area contributed by atoms with Gasteiger partial charge < -0.3 is 15.0 Å². The maximum Gasteiger partial charge on any atom is 0.255 e. The normalized spacial score (nSPS) is 18.6. The van der Waals surface area contributed by atoms with Crippen molar-refractivity contribution in [2.45, 2.75) is 44.6 Å². The van der Waals surface area contributed by atoms with E-state index in [0.29, 0.717) is 42.4 Å². The Morgan fingerprint density at radius 3 is 2.66 bits per heavy atom. The molecule has 0 bridgehead atoms. The summed E-state index contributed by atoms with van der Waals surface area (Å²) in [6.45, 7) is 4.76. The molecule has 7 heteroatoms. The van der Waals surface area contributed by atoms with Gasteiger partial charge in [-0.05, 0) is 25.3 Å². The van der Waals surface area contributed by atoms with Crippen LogP contribution in [0.2, 0.25) is 0 Å². The summed E-state index contributed by atoms with van der Waals surface area (Å²) >= 11 is 0. The lowest BCUT2D eigenvalue weighted by atomic mass is 9.87. The lowest BCUT2D eigenvalue weighted by Crippen LogP contribution is -2.45. The molecule has 0 unspecified atom stereocenters. The third kappa shape index (κ3) is 3.96. The third-order valence-corrected chi connectivity index (χ3v) is 5.93. The van der Waals surface area contributed by atoms with E-state index in [-0.39, 0.29) is 11.7 Å². The van der Waals surface area contributed by atoms with Crippen LogP contribution in [0.5, 0.6) is 0 Å². The van der Waals surface area contributed by atoms with Crippen LogP contribution in [0.15, 0.2) is 30.5 Å². The Morgan fingerprint density at radius 2 is 1.97 bits per heavy atom. The summed E-state index contributed by atoms with van der Waals surface area (Å²) < 4.78 is 19.9. The van der Waals surface area contributed by atoms with Crippen LogP contribution in [0.1, 0.15) is 54.2 Å². The standard InChI is InChI=1S/C22H27FN4O2/c1-2-19-16(15-24-21(25-19)27-11-13-29-14-12-27)20(28)26-22(9-5-6-10-22)17-7-3-4-8-18(17)23/h3-4,7-8,15H,2,5-6,9-14H2,1H3,(H,26,28). The van der Waals surface area contributed by atoms with Gasteiger partial charge in [0.25, 0.3) is 5.91 Å². The highest BCUT2D eigenvalue weighted by Crippen LogP contribution is 2.40. The average molecular weight is 398 g/mol. The number of nitrogens with zero attached hydrogens (tertiary/aromatic N) is 3. The lowest BCUT2D eigenvalue weighted by Gasteiger charge is -2.32. The van der Waals surface area contributed by atoms with Crippen molar-refractivity contribution in [3.63, 3.8) is 0 Å². The number of anilines is 1. The van der Waals surface area contributed by atoms with Crippen LogP contribution in [-0.4, -0.2) is 42.2 Å². The number of benzene rings is 1. The minimum Gasteiger partial charge on any atom is -0.378 e. The predicted octanol–water partition coefficient (Wildman–Crippen LogP) is 3.21. The first kappa shape index (κ1) is 19.8. The molecule has 1 amide bonds. The van der Waals surface area contributed by atoms with E-state index in [4.69, 9.17) is 4.74 Å². The van der Waals surface area contributed by atoms with Gasteiger partial charge in [-0.3, -0.25) is 4.79 Å². The zero-order valence-corrected chi connectivity index (χ0v) is 16.8. The molecule has 2 fully saturated rings. The van der Waals surface area contributed by atoms with Gasteiger partial charge in [0.15, 0.2) is 0 Å². The molecule has 2 aliphatic rings. The highest BCUT2D eigenvalue weighted by molar-refractivity contribution is 5.95. The Hall–Kier alpha value is -2.54. The number of nitrogens with one attached hydrogen (secondary N) is 1. The molecule has 0 spiro atoms. The first-order chi connectivity index (χ1) is 14.1. The van der Waals surface area contributed by atoms with E-state index in [0.717, 1.165) is 38.8 Å². The molecule has 1 saturated carbocycles. The molecule has 1 aliphatic carbocycles. The van der Waals surface area contributed by atoms with Crippen LogP contribution in [-0.2, 0) is 16.7 Å². The number of hydrogen-bond donors (Lipinski definition) is 1. The second-order valence-electron chi connectivity index (χ2n) is 7.71. The Labute approximate surface area is 170 Å². The smallest absolute Gasteiger partial charge is 0.255 e. The van der Waals surface area contributed by atoms with E-state index in [1.165, 1.54) is 6.07 Å². The van der Waals surface area contributed by atoms with Crippen LogP contribution in [0.25, 0.3) is 0 Å². The van der Waals surface area contributed by atoms with E-state index in [2.05, 4.69) is 20.2 Å². The van der Waals surface area contributed by atoms with Crippen LogP contribution in [0.3, 0.4) is 0 Å². The molecule has 154 valence electrons. The van der Waals surface area contributed by atoms with Crippen LogP contribution < -0.4 is 10.2 Å². The summed E-state index contributed by atoms with van der Waals surface area (Å²) in [5.41, 5.74) is 1.07. The summed E-state index contributed by atoms with van der Waals surface area (Å²) in [6.07, 6.45) is 5.61. The zero-order chi connectivity index (χ0) is 20.3. The SMILES string of the molecule is CCc1nc(N2CCOCC2)ncc1C(=O)NC1(c2ccccc2F)CCCC1. The fourth-order valence-corrected chi connectivity index (χ4v) is 4.36. The van der Waals surface area contributed by atoms with Crippen LogP contribution in [0, 0.1) is 5.82 Å². The second-order valence-corrected chi connectivity index (χ2v) is 7.71. The topological polar surface area (TPSA) is 67.3 Å². The van der Waals surface area contributed by atoms with Crippen molar-refractivity contribution in [3.05, 3.63) is 53.1 Å². The molecular weight excluding hydrogens is 371 g/mol. The van der Waals surface area contributed by atoms with Crippen molar-refractivity contribution in [2.24, 2.45) is 0 Å². The van der Waals surface area contributed by atoms with E-state index < -0.39 is 5.54 Å². The van der Waals surface area contributed by atoms with E-state index in [1.54, 1.807) is 18.3 Å². The maximum absolute atomic E-state index is 14.6. The second kappa shape index (κ2) is 8.45. The molecule has 1 aliphatic heterocycles. The summed E-state index contributed by atoms with van der Waals surface area (Å²) in [6, 6.07) is 6.73. The highest BCUT2D eigenvalue weighted by atomic mass is 19.1. The molecule has 1 saturated heterocycles. The Bertz CT molecular complexity index is 877. The summed E-state index contributed by atoms with van der Waals surface area (Å²) in [5.74, 6) is 0.122. The van der Waals surface area contributed by atoms with Crippen molar-refractivity contribution in [1.82, 2.24) is 15.3 Å². The van der Waals surface area contributed by atoms with Crippen molar-refractivity contribution < 1.29 is 13.9 Å². The molecule has 29 heavy (non-hydrogen) atoms. The van der Waals surface area contributed by atoms with Crippen molar-refractivity contribution in [1.29, 1.82) is 0 Å². The summed E-state index contributed by atoms with van der Waals surface area (Å²) in [4.78, 5) is 24.4. The Balaban J connectivity index is 1.61. The Morgan fingerprint density at radius 1 is 1.24 bits per heavy atom. The highest BCUT2D eigenvalue weighted by Gasteiger charge is 2.39. The molecular formula is C22H27FN4O2. The number of hydrogen-bond acceptors (Lipinski definition) is 5. The predicted molar refractivity (Wildman–Crippen MR) is 108 cm³/mol. The number of aromatic nitrogens is 2. The van der Waals surface area contributed by atoms with Crippen molar-refractivity contribution in [3.8, 4) is 0 Å². The molecule has 4 rings (SSSR count). The summed E-state index contributed by atoms with van der Waals surface area (Å²) in [5, 5.41) is 3.15. The number of rotatable bonds is 5. The minimum atomic E-state index is -0.670. The largest absolute Gasteiger partial charge is 0.378 e. The molecule has 6 nitrogen and oxygen atoms in total. The van der Waals surface area contributed by atoms with Gasteiger partial charge in [-0.15, -0.1) is 0 Å². The third-order valence-electron chi connectivity index (χ3n) is 5.93. The minimum absolute atomic E-state index is 0.236. The number of morpholine rings is 1. The van der Waals surface area contributed by atoms with Gasteiger partial charge in [0.2, 0.25) is 5.95 Å². The van der Waals surface area contributed by atoms with E-state index in [9.17, 15) is 9.18 Å². The van der Waals surface area contributed by atoms with E-state index in [1.807, 2.05) is 13.0 Å². The lowest BCUT2D eigenvalue weighted by molar-refractivity contribution is 0.0894. The van der Waals surface area contributed by atoms with Gasteiger partial charge >= 0.3 is 0 Å². The van der Waals surface area contributed by atoms with Gasteiger partial charge in [0, 0.05) is 24.8 Å². The van der Waals surface area contributed by atoms with Crippen molar-refractivity contribution in [2.75, 3.05) is 31.2 Å². The monoisotopic (exact) mass is 398 g/mol. The number of halogens is 1. The maximum atomic E-state index is 14.6. The molecule has 1 N–H and O–H groups in total. The molecule has 1 aromatic heterocycles. The molecule has 2 heterocycles. The molecule has 1 aromatic carbocycles. The quantitative estimate of drug-likeness (QED) is 0.838. The van der Waals surface area contributed by atoms with Gasteiger partial charge in [0.05, 0.1) is 30.0 Å².